The number of aromatic hydroxyl groups is 3. The number of hydrogen-bond acceptors (Lipinski definition) is 6. The molecule has 0 aliphatic heterocycles. The Labute approximate surface area is 200 Å². The molecule has 35 heavy (non-hydrogen) atoms. The van der Waals surface area contributed by atoms with Crippen LogP contribution in [-0.2, 0) is 6.42 Å². The first-order valence-electron chi connectivity index (χ1n) is 11.0. The number of fused-ring (bicyclic) bond motifs is 4. The summed E-state index contributed by atoms with van der Waals surface area (Å²) in [5, 5.41) is 29.1. The fourth-order valence-corrected chi connectivity index (χ4v) is 4.63. The zero-order valence-electron chi connectivity index (χ0n) is 18.7. The van der Waals surface area contributed by atoms with Gasteiger partial charge in [0.1, 0.15) is 17.2 Å². The van der Waals surface area contributed by atoms with E-state index in [0.717, 1.165) is 40.8 Å². The van der Waals surface area contributed by atoms with E-state index in [1.807, 2.05) is 48.5 Å². The minimum Gasteiger partial charge on any atom is -0.508 e. The summed E-state index contributed by atoms with van der Waals surface area (Å²) in [6.07, 6.45) is 0.873. The van der Waals surface area contributed by atoms with Gasteiger partial charge >= 0.3 is 0 Å². The monoisotopic (exact) mass is 464 g/mol. The highest BCUT2D eigenvalue weighted by Crippen LogP contribution is 2.39. The highest BCUT2D eigenvalue weighted by molar-refractivity contribution is 6.30. The van der Waals surface area contributed by atoms with Crippen LogP contribution in [0.25, 0.3) is 0 Å². The summed E-state index contributed by atoms with van der Waals surface area (Å²) in [6, 6.07) is 20.7. The van der Waals surface area contributed by atoms with Gasteiger partial charge in [0.05, 0.1) is 11.1 Å². The minimum absolute atomic E-state index is 0.0648. The maximum Gasteiger partial charge on any atom is 0.201 e. The molecule has 0 amide bonds. The minimum atomic E-state index is -0.635. The molecule has 6 nitrogen and oxygen atoms in total. The van der Waals surface area contributed by atoms with Crippen molar-refractivity contribution in [3.05, 3.63) is 123 Å². The molecular formula is C29H20O6. The number of hydrogen-bond donors (Lipinski definition) is 3. The highest BCUT2D eigenvalue weighted by Gasteiger charge is 2.34. The Balaban J connectivity index is 0.000000151. The molecule has 2 aliphatic carbocycles. The lowest BCUT2D eigenvalue weighted by Gasteiger charge is -2.19. The molecule has 0 unspecified atom stereocenters. The van der Waals surface area contributed by atoms with E-state index in [0.29, 0.717) is 5.56 Å². The number of rotatable bonds is 0. The van der Waals surface area contributed by atoms with E-state index in [9.17, 15) is 29.7 Å². The summed E-state index contributed by atoms with van der Waals surface area (Å²) < 4.78 is 0. The topological polar surface area (TPSA) is 112 Å². The van der Waals surface area contributed by atoms with Crippen molar-refractivity contribution >= 4 is 17.3 Å². The Morgan fingerprint density at radius 1 is 0.571 bits per heavy atom. The summed E-state index contributed by atoms with van der Waals surface area (Å²) in [4.78, 5) is 36.8. The van der Waals surface area contributed by atoms with Gasteiger partial charge in [-0.05, 0) is 48.2 Å². The van der Waals surface area contributed by atoms with Gasteiger partial charge in [0.2, 0.25) is 5.78 Å². The molecule has 3 N–H and O–H groups in total. The van der Waals surface area contributed by atoms with Gasteiger partial charge < -0.3 is 15.3 Å². The van der Waals surface area contributed by atoms with Crippen molar-refractivity contribution < 1.29 is 29.7 Å². The van der Waals surface area contributed by atoms with Crippen LogP contribution in [0.5, 0.6) is 17.2 Å². The zero-order valence-corrected chi connectivity index (χ0v) is 18.7. The van der Waals surface area contributed by atoms with Crippen LogP contribution in [0.1, 0.15) is 64.5 Å². The summed E-state index contributed by atoms with van der Waals surface area (Å²) in [6.45, 7) is 1.69. The van der Waals surface area contributed by atoms with Crippen molar-refractivity contribution in [2.75, 3.05) is 0 Å². The first kappa shape index (κ1) is 22.1. The van der Waals surface area contributed by atoms with Gasteiger partial charge in [0.15, 0.2) is 11.6 Å². The summed E-state index contributed by atoms with van der Waals surface area (Å²) in [5.74, 6) is -2.07. The molecule has 0 bridgehead atoms. The quantitative estimate of drug-likeness (QED) is 0.300. The molecule has 6 heteroatoms. The van der Waals surface area contributed by atoms with Gasteiger partial charge in [-0.15, -0.1) is 0 Å². The lowest BCUT2D eigenvalue weighted by Crippen LogP contribution is -2.21. The Kier molecular flexibility index (Phi) is 5.21. The van der Waals surface area contributed by atoms with E-state index in [1.54, 1.807) is 6.92 Å². The van der Waals surface area contributed by atoms with Crippen LogP contribution in [0.3, 0.4) is 0 Å². The molecule has 0 atom stereocenters. The van der Waals surface area contributed by atoms with Crippen molar-refractivity contribution in [1.29, 1.82) is 0 Å². The molecule has 2 aliphatic rings. The molecule has 0 radical (unpaired) electrons. The van der Waals surface area contributed by atoms with Gasteiger partial charge in [-0.1, -0.05) is 48.5 Å². The van der Waals surface area contributed by atoms with Crippen LogP contribution >= 0.6 is 0 Å². The van der Waals surface area contributed by atoms with Gasteiger partial charge in [-0.3, -0.25) is 14.4 Å². The molecule has 0 aromatic heterocycles. The molecule has 0 fully saturated rings. The fourth-order valence-electron chi connectivity index (χ4n) is 4.63. The highest BCUT2D eigenvalue weighted by atomic mass is 16.3. The number of phenols is 3. The number of carbonyl (C=O) groups excluding carboxylic acids is 3. The Bertz CT molecular complexity index is 1450. The first-order chi connectivity index (χ1) is 16.8. The molecule has 4 aromatic rings. The van der Waals surface area contributed by atoms with Gasteiger partial charge in [0.25, 0.3) is 0 Å². The van der Waals surface area contributed by atoms with E-state index in [4.69, 9.17) is 0 Å². The third kappa shape index (κ3) is 3.65. The number of aryl methyl sites for hydroxylation is 1. The molecule has 0 saturated heterocycles. The molecule has 4 aromatic carbocycles. The third-order valence-corrected chi connectivity index (χ3v) is 6.21. The van der Waals surface area contributed by atoms with Gasteiger partial charge in [-0.2, -0.15) is 0 Å². The van der Waals surface area contributed by atoms with Crippen LogP contribution in [0.4, 0.5) is 0 Å². The maximum atomic E-state index is 12.4. The van der Waals surface area contributed by atoms with Crippen molar-refractivity contribution in [3.63, 3.8) is 0 Å². The zero-order chi connectivity index (χ0) is 24.9. The summed E-state index contributed by atoms with van der Waals surface area (Å²) >= 11 is 0. The number of carbonyl (C=O) groups is 3. The van der Waals surface area contributed by atoms with Crippen molar-refractivity contribution in [2.45, 2.75) is 13.3 Å². The lowest BCUT2D eigenvalue weighted by atomic mass is 9.82. The van der Waals surface area contributed by atoms with Crippen LogP contribution < -0.4 is 0 Å². The summed E-state index contributed by atoms with van der Waals surface area (Å²) in [5.41, 5.74) is 4.33. The Morgan fingerprint density at radius 2 is 1.06 bits per heavy atom. The second kappa shape index (κ2) is 8.25. The molecular weight excluding hydrogens is 444 g/mol. The summed E-state index contributed by atoms with van der Waals surface area (Å²) in [7, 11) is 0. The van der Waals surface area contributed by atoms with Gasteiger partial charge in [0, 0.05) is 28.3 Å². The molecule has 172 valence electrons. The average Bonchev–Trinajstić information content (AvgIpc) is 2.82. The predicted octanol–water partition coefficient (Wildman–Crippen LogP) is 4.71. The van der Waals surface area contributed by atoms with E-state index in [2.05, 4.69) is 0 Å². The third-order valence-electron chi connectivity index (χ3n) is 6.21. The number of benzene rings is 4. The second-order valence-corrected chi connectivity index (χ2v) is 8.57. The van der Waals surface area contributed by atoms with Crippen molar-refractivity contribution in [3.8, 4) is 17.2 Å². The van der Waals surface area contributed by atoms with Crippen molar-refractivity contribution in [1.82, 2.24) is 0 Å². The Hall–Kier alpha value is -4.71. The SMILES string of the molecule is Cc1cc(O)c2c(c1)C(=O)c1cc(O)cc(O)c1C2=O.O=C1c2ccccc2Cc2ccccc21. The number of ketones is 3. The lowest BCUT2D eigenvalue weighted by molar-refractivity contribution is 0.0974. The van der Waals surface area contributed by atoms with E-state index in [-0.39, 0.29) is 39.5 Å². The first-order valence-corrected chi connectivity index (χ1v) is 11.0. The standard InChI is InChI=1S/C15H10O5.C14H10O/c1-6-2-8-12(10(17)3-6)15(20)13-9(14(8)19)4-7(16)5-11(13)18;15-14-12-7-3-1-5-10(12)9-11-6-2-4-8-13(11)14/h2-5,16-18H,1H3;1-8H,9H2. The largest absolute Gasteiger partial charge is 0.508 e. The molecule has 0 heterocycles. The van der Waals surface area contributed by atoms with Crippen molar-refractivity contribution in [2.24, 2.45) is 0 Å². The van der Waals surface area contributed by atoms with Crippen LogP contribution in [-0.4, -0.2) is 32.7 Å². The van der Waals surface area contributed by atoms with Crippen LogP contribution in [0.15, 0.2) is 72.8 Å². The van der Waals surface area contributed by atoms with Crippen LogP contribution in [0, 0.1) is 6.92 Å². The van der Waals surface area contributed by atoms with E-state index < -0.39 is 17.3 Å². The molecule has 6 rings (SSSR count). The van der Waals surface area contributed by atoms with E-state index >= 15 is 0 Å². The number of phenolic OH excluding ortho intramolecular Hbond substituents is 3. The van der Waals surface area contributed by atoms with Gasteiger partial charge in [-0.25, -0.2) is 0 Å². The van der Waals surface area contributed by atoms with E-state index in [1.165, 1.54) is 12.1 Å². The average molecular weight is 464 g/mol. The van der Waals surface area contributed by atoms with Crippen LogP contribution in [0.2, 0.25) is 0 Å². The second-order valence-electron chi connectivity index (χ2n) is 8.57. The molecule has 0 saturated carbocycles. The Morgan fingerprint density at radius 3 is 1.66 bits per heavy atom. The maximum absolute atomic E-state index is 12.4. The molecule has 0 spiro atoms. The smallest absolute Gasteiger partial charge is 0.201 e. The fraction of sp³-hybridized carbons (Fsp3) is 0.0690. The normalized spacial score (nSPS) is 13.1. The predicted molar refractivity (Wildman–Crippen MR) is 129 cm³/mol.